The van der Waals surface area contributed by atoms with Crippen LogP contribution in [0.2, 0.25) is 0 Å². The predicted octanol–water partition coefficient (Wildman–Crippen LogP) is 3.89. The van der Waals surface area contributed by atoms with Gasteiger partial charge in [-0.1, -0.05) is 40.9 Å². The van der Waals surface area contributed by atoms with Gasteiger partial charge in [-0.2, -0.15) is 0 Å². The molecule has 0 heterocycles. The Labute approximate surface area is 183 Å². The fraction of sp³-hybridized carbons (Fsp3) is 0.889. The minimum atomic E-state index is -3.88. The van der Waals surface area contributed by atoms with Gasteiger partial charge in [0.1, 0.15) is 0 Å². The summed E-state index contributed by atoms with van der Waals surface area (Å²) in [5.41, 5.74) is 0. The largest absolute Gasteiger partial charge is 0.472 e. The van der Waals surface area contributed by atoms with E-state index >= 15 is 0 Å². The summed E-state index contributed by atoms with van der Waals surface area (Å²) in [6.07, 6.45) is 9.03. The van der Waals surface area contributed by atoms with Crippen LogP contribution >= 0.6 is 29.4 Å². The van der Waals surface area contributed by atoms with E-state index in [9.17, 15) is 19.0 Å². The van der Waals surface area contributed by atoms with Crippen LogP contribution in [0.25, 0.3) is 0 Å². The summed E-state index contributed by atoms with van der Waals surface area (Å²) in [5.74, 6) is 0.986. The zero-order valence-electron chi connectivity index (χ0n) is 17.7. The number of hydrogen-bond acceptors (Lipinski definition) is 7. The smallest absolute Gasteiger partial charge is 0.356 e. The zero-order chi connectivity index (χ0) is 21.8. The third-order valence-electron chi connectivity index (χ3n) is 3.87. The first kappa shape index (κ1) is 28.8. The van der Waals surface area contributed by atoms with E-state index in [1.165, 1.54) is 0 Å². The van der Waals surface area contributed by atoms with E-state index < -0.39 is 7.82 Å². The van der Waals surface area contributed by atoms with Crippen LogP contribution in [-0.4, -0.2) is 55.0 Å². The van der Waals surface area contributed by atoms with Crippen molar-refractivity contribution in [3.8, 4) is 0 Å². The molecule has 0 radical (unpaired) electrons. The molecule has 0 aromatic carbocycles. The first-order chi connectivity index (χ1) is 13.9. The summed E-state index contributed by atoms with van der Waals surface area (Å²) in [5, 5.41) is 5.80. The van der Waals surface area contributed by atoms with Crippen molar-refractivity contribution in [3.63, 3.8) is 0 Å². The number of phosphoric acid groups is 1. The maximum Gasteiger partial charge on any atom is 0.472 e. The lowest BCUT2D eigenvalue weighted by molar-refractivity contribution is -0.122. The van der Waals surface area contributed by atoms with Crippen molar-refractivity contribution in [1.29, 1.82) is 0 Å². The van der Waals surface area contributed by atoms with Gasteiger partial charge in [0.25, 0.3) is 0 Å². The molecule has 11 heteroatoms. The molecular weight excluding hydrogens is 435 g/mol. The molecule has 1 unspecified atom stereocenters. The van der Waals surface area contributed by atoms with Crippen LogP contribution in [0.15, 0.2) is 0 Å². The number of phosphoric ester groups is 1. The fourth-order valence-corrected chi connectivity index (χ4v) is 4.34. The van der Waals surface area contributed by atoms with E-state index in [1.54, 1.807) is 28.5 Å². The first-order valence-corrected chi connectivity index (χ1v) is 14.4. The highest BCUT2D eigenvalue weighted by Gasteiger charge is 2.18. The van der Waals surface area contributed by atoms with Crippen molar-refractivity contribution in [2.24, 2.45) is 0 Å². The number of unbranched alkanes of at least 4 members (excludes halogenated alkanes) is 5. The molecule has 2 amide bonds. The topological polar surface area (TPSA) is 114 Å². The van der Waals surface area contributed by atoms with Crippen LogP contribution in [0.3, 0.4) is 0 Å². The van der Waals surface area contributed by atoms with Gasteiger partial charge < -0.3 is 15.5 Å². The van der Waals surface area contributed by atoms with E-state index in [4.69, 9.17) is 4.52 Å². The maximum atomic E-state index is 11.8. The second-order valence-electron chi connectivity index (χ2n) is 6.38. The number of carbonyl (C=O) groups excluding carboxylic acids is 2. The number of hydrogen-bond donors (Lipinski definition) is 3. The molecule has 0 aliphatic carbocycles. The molecule has 0 fully saturated rings. The van der Waals surface area contributed by atoms with Gasteiger partial charge >= 0.3 is 7.82 Å². The highest BCUT2D eigenvalue weighted by atomic mass is 33.1. The minimum Gasteiger partial charge on any atom is -0.356 e. The van der Waals surface area contributed by atoms with Gasteiger partial charge in [-0.15, -0.1) is 0 Å². The first-order valence-electron chi connectivity index (χ1n) is 10.2. The zero-order valence-corrected chi connectivity index (χ0v) is 20.2. The molecule has 8 nitrogen and oxygen atoms in total. The lowest BCUT2D eigenvalue weighted by Crippen LogP contribution is -2.25. The standard InChI is InChI=1S/C18H37N2O6PS2/c1-3-25-27(23,24)26-15-10-5-4-8-13-19-17(21)11-7-6-9-14-20-18(22)12-16-29-28-2/h3-16H2,1-2H3,(H,19,21)(H,20,22)(H,23,24). The molecule has 0 saturated heterocycles. The van der Waals surface area contributed by atoms with Crippen molar-refractivity contribution in [2.75, 3.05) is 38.3 Å². The monoisotopic (exact) mass is 472 g/mol. The number of rotatable bonds is 20. The second kappa shape index (κ2) is 19.7. The molecule has 0 aromatic rings. The molecule has 172 valence electrons. The third kappa shape index (κ3) is 20.8. The molecule has 0 aliphatic heterocycles. The van der Waals surface area contributed by atoms with Gasteiger partial charge in [0.15, 0.2) is 0 Å². The van der Waals surface area contributed by atoms with Crippen LogP contribution in [-0.2, 0) is 23.2 Å². The van der Waals surface area contributed by atoms with Crippen molar-refractivity contribution in [2.45, 2.75) is 64.7 Å². The summed E-state index contributed by atoms with van der Waals surface area (Å²) < 4.78 is 20.7. The van der Waals surface area contributed by atoms with Gasteiger partial charge in [0, 0.05) is 31.7 Å². The number of nitrogens with one attached hydrogen (secondary N) is 2. The van der Waals surface area contributed by atoms with Gasteiger partial charge in [0.2, 0.25) is 11.8 Å². The Hall–Kier alpha value is -0.250. The van der Waals surface area contributed by atoms with E-state index in [1.807, 2.05) is 6.26 Å². The average molecular weight is 473 g/mol. The summed E-state index contributed by atoms with van der Waals surface area (Å²) >= 11 is 0. The van der Waals surface area contributed by atoms with Crippen LogP contribution in [0.4, 0.5) is 0 Å². The lowest BCUT2D eigenvalue weighted by Gasteiger charge is -2.10. The maximum absolute atomic E-state index is 11.8. The van der Waals surface area contributed by atoms with Crippen LogP contribution in [0.1, 0.15) is 64.7 Å². The van der Waals surface area contributed by atoms with Crippen LogP contribution in [0, 0.1) is 0 Å². The number of carbonyl (C=O) groups is 2. The molecule has 3 N–H and O–H groups in total. The molecule has 0 saturated carbocycles. The van der Waals surface area contributed by atoms with Crippen molar-refractivity contribution >= 4 is 41.2 Å². The van der Waals surface area contributed by atoms with Crippen molar-refractivity contribution in [3.05, 3.63) is 0 Å². The molecule has 1 atom stereocenters. The van der Waals surface area contributed by atoms with Crippen molar-refractivity contribution in [1.82, 2.24) is 10.6 Å². The highest BCUT2D eigenvalue weighted by molar-refractivity contribution is 8.76. The SMILES string of the molecule is CCOP(=O)(O)OCCCCCCNC(=O)CCCCCNC(=O)CCSSC. The van der Waals surface area contributed by atoms with Gasteiger partial charge in [-0.25, -0.2) is 4.57 Å². The van der Waals surface area contributed by atoms with Crippen molar-refractivity contribution < 1.29 is 28.1 Å². The lowest BCUT2D eigenvalue weighted by atomic mass is 10.1. The second-order valence-corrected chi connectivity index (χ2v) is 10.5. The predicted molar refractivity (Wildman–Crippen MR) is 121 cm³/mol. The van der Waals surface area contributed by atoms with E-state index in [-0.39, 0.29) is 25.0 Å². The summed E-state index contributed by atoms with van der Waals surface area (Å²) in [4.78, 5) is 32.5. The van der Waals surface area contributed by atoms with E-state index in [0.29, 0.717) is 32.4 Å². The summed E-state index contributed by atoms with van der Waals surface area (Å²) in [6.45, 7) is 3.28. The van der Waals surface area contributed by atoms with E-state index in [0.717, 1.165) is 44.3 Å². The normalized spacial score (nSPS) is 13.1. The molecule has 0 spiro atoms. The molecule has 0 bridgehead atoms. The van der Waals surface area contributed by atoms with E-state index in [2.05, 4.69) is 15.2 Å². The average Bonchev–Trinajstić information content (AvgIpc) is 2.66. The molecule has 0 rings (SSSR count). The summed E-state index contributed by atoms with van der Waals surface area (Å²) in [6, 6.07) is 0. The Morgan fingerprint density at radius 1 is 0.897 bits per heavy atom. The Kier molecular flexibility index (Phi) is 19.5. The Balaban J connectivity index is 3.38. The Morgan fingerprint density at radius 3 is 2.10 bits per heavy atom. The van der Waals surface area contributed by atoms with Gasteiger partial charge in [-0.05, 0) is 38.9 Å². The van der Waals surface area contributed by atoms with Crippen LogP contribution < -0.4 is 10.6 Å². The Morgan fingerprint density at radius 2 is 1.48 bits per heavy atom. The molecule has 29 heavy (non-hydrogen) atoms. The molecule has 0 aliphatic rings. The fourth-order valence-electron chi connectivity index (χ4n) is 2.40. The number of amides is 2. The Bertz CT molecular complexity index is 485. The highest BCUT2D eigenvalue weighted by Crippen LogP contribution is 2.42. The van der Waals surface area contributed by atoms with Crippen LogP contribution in [0.5, 0.6) is 0 Å². The minimum absolute atomic E-state index is 0.0596. The molecular formula is C18H37N2O6PS2. The molecule has 0 aromatic heterocycles. The third-order valence-corrected chi connectivity index (χ3v) is 6.78. The summed E-state index contributed by atoms with van der Waals surface area (Å²) in [7, 11) is -0.525. The quantitative estimate of drug-likeness (QED) is 0.139. The van der Waals surface area contributed by atoms with Gasteiger partial charge in [-0.3, -0.25) is 18.6 Å². The van der Waals surface area contributed by atoms with Gasteiger partial charge in [0.05, 0.1) is 13.2 Å².